The van der Waals surface area contributed by atoms with Crippen LogP contribution >= 0.6 is 0 Å². The summed E-state index contributed by atoms with van der Waals surface area (Å²) in [6, 6.07) is 9.96. The minimum atomic E-state index is -1.11. The maximum Gasteiger partial charge on any atom is 0.321 e. The molecule has 0 spiro atoms. The molecule has 60 heavy (non-hydrogen) atoms. The van der Waals surface area contributed by atoms with Gasteiger partial charge in [0.25, 0.3) is 0 Å². The molecule has 0 bridgehead atoms. The summed E-state index contributed by atoms with van der Waals surface area (Å²) in [5.41, 5.74) is 29.4. The van der Waals surface area contributed by atoms with Crippen LogP contribution in [0.2, 0.25) is 0 Å². The maximum absolute atomic E-state index is 14.2. The number of hydrogen-bond donors (Lipinski definition) is 11. The van der Waals surface area contributed by atoms with Gasteiger partial charge in [0.05, 0.1) is 6.04 Å². The van der Waals surface area contributed by atoms with E-state index >= 15 is 0 Å². The molecule has 330 valence electrons. The second kappa shape index (κ2) is 24.9. The number of aliphatic carboxylic acids is 1. The SMILES string of the molecule is CC[C@@H](C)[C@H](CN[C@@H](Cc1ccccc1)C(=O)O)NC(=O)[C@H](Cc1ccc(O)cc1)NC(=O)[C@@H]1CCCN1C(=O)[C@H](CCCN=C(N)N)NC(=O)[C@@H](N)CCCN=C(N)N. The fourth-order valence-corrected chi connectivity index (χ4v) is 6.87. The first kappa shape index (κ1) is 48.4. The number of phenolic OH excluding ortho intramolecular Hbond substituents is 1. The zero-order valence-corrected chi connectivity index (χ0v) is 34.6. The van der Waals surface area contributed by atoms with Gasteiger partial charge in [0.1, 0.15) is 29.9 Å². The van der Waals surface area contributed by atoms with Gasteiger partial charge in [-0.15, -0.1) is 0 Å². The third-order valence-electron chi connectivity index (χ3n) is 10.5. The highest BCUT2D eigenvalue weighted by atomic mass is 16.4. The number of rotatable bonds is 25. The highest BCUT2D eigenvalue weighted by Gasteiger charge is 2.39. The van der Waals surface area contributed by atoms with Crippen LogP contribution in [0.5, 0.6) is 5.75 Å². The molecule has 0 aromatic heterocycles. The van der Waals surface area contributed by atoms with Crippen molar-refractivity contribution in [1.82, 2.24) is 26.2 Å². The van der Waals surface area contributed by atoms with E-state index in [0.717, 1.165) is 5.56 Å². The van der Waals surface area contributed by atoms with Gasteiger partial charge in [0, 0.05) is 38.6 Å². The summed E-state index contributed by atoms with van der Waals surface area (Å²) in [5.74, 6) is -3.40. The lowest BCUT2D eigenvalue weighted by molar-refractivity contribution is -0.142. The number of nitrogens with zero attached hydrogens (tertiary/aromatic N) is 3. The first-order valence-electron chi connectivity index (χ1n) is 20.4. The van der Waals surface area contributed by atoms with E-state index in [4.69, 9.17) is 28.7 Å². The number of guanidine groups is 2. The molecular formula is C41H64N12O7. The van der Waals surface area contributed by atoms with Crippen molar-refractivity contribution in [2.75, 3.05) is 26.2 Å². The molecule has 7 atom stereocenters. The smallest absolute Gasteiger partial charge is 0.321 e. The van der Waals surface area contributed by atoms with Crippen molar-refractivity contribution in [2.45, 2.75) is 108 Å². The standard InChI is InChI=1S/C41H64N12O7/c1-3-25(2)33(24-49-32(39(59)60)23-26-10-5-4-6-11-26)52-36(56)31(22-27-15-17-28(54)18-16-27)51-37(57)34-14-9-21-53(34)38(58)30(13-8-20-48-41(45)46)50-35(55)29(42)12-7-19-47-40(43)44/h4-6,10-11,15-18,25,29-34,49,54H,3,7-9,12-14,19-24,42H2,1-2H3,(H,50,55)(H,51,57)(H,52,56)(H,59,60)(H4,43,44,47)(H4,45,46,48)/t25-,29+,30+,31+,32+,33+,34+/m1/s1. The molecule has 1 aliphatic rings. The number of carboxylic acids is 1. The first-order valence-corrected chi connectivity index (χ1v) is 20.4. The molecule has 1 aliphatic heterocycles. The number of nitrogens with two attached hydrogens (primary N) is 5. The number of carbonyl (C=O) groups excluding carboxylic acids is 4. The Morgan fingerprint density at radius 1 is 0.800 bits per heavy atom. The van der Waals surface area contributed by atoms with Crippen molar-refractivity contribution in [1.29, 1.82) is 0 Å². The highest BCUT2D eigenvalue weighted by Crippen LogP contribution is 2.21. The monoisotopic (exact) mass is 837 g/mol. The second-order valence-corrected chi connectivity index (χ2v) is 15.2. The average Bonchev–Trinajstić information content (AvgIpc) is 3.72. The lowest BCUT2D eigenvalue weighted by Crippen LogP contribution is -2.59. The Balaban J connectivity index is 1.81. The van der Waals surface area contributed by atoms with Crippen LogP contribution in [-0.2, 0) is 36.8 Å². The van der Waals surface area contributed by atoms with Crippen LogP contribution in [0.15, 0.2) is 64.6 Å². The van der Waals surface area contributed by atoms with Crippen molar-refractivity contribution in [3.63, 3.8) is 0 Å². The van der Waals surface area contributed by atoms with Gasteiger partial charge < -0.3 is 65.0 Å². The average molecular weight is 837 g/mol. The van der Waals surface area contributed by atoms with Crippen molar-refractivity contribution in [2.24, 2.45) is 44.6 Å². The van der Waals surface area contributed by atoms with Crippen LogP contribution in [0.3, 0.4) is 0 Å². The summed E-state index contributed by atoms with van der Waals surface area (Å²) >= 11 is 0. The predicted molar refractivity (Wildman–Crippen MR) is 229 cm³/mol. The second-order valence-electron chi connectivity index (χ2n) is 15.2. The number of nitrogens with one attached hydrogen (secondary N) is 4. The van der Waals surface area contributed by atoms with E-state index in [1.807, 2.05) is 44.2 Å². The van der Waals surface area contributed by atoms with E-state index in [1.165, 1.54) is 17.0 Å². The minimum Gasteiger partial charge on any atom is -0.508 e. The summed E-state index contributed by atoms with van der Waals surface area (Å²) < 4.78 is 0. The zero-order chi connectivity index (χ0) is 44.2. The summed E-state index contributed by atoms with van der Waals surface area (Å²) in [6.45, 7) is 4.75. The Hall–Kier alpha value is -5.95. The van der Waals surface area contributed by atoms with Gasteiger partial charge in [-0.3, -0.25) is 34.0 Å². The zero-order valence-electron chi connectivity index (χ0n) is 34.6. The van der Waals surface area contributed by atoms with E-state index < -0.39 is 65.8 Å². The molecule has 2 aromatic rings. The van der Waals surface area contributed by atoms with Gasteiger partial charge in [0.2, 0.25) is 23.6 Å². The fraction of sp³-hybridized carbons (Fsp3) is 0.537. The largest absolute Gasteiger partial charge is 0.508 e. The Morgan fingerprint density at radius 3 is 2.00 bits per heavy atom. The molecule has 16 N–H and O–H groups in total. The van der Waals surface area contributed by atoms with E-state index in [2.05, 4.69) is 31.3 Å². The van der Waals surface area contributed by atoms with Gasteiger partial charge in [-0.2, -0.15) is 0 Å². The number of carbonyl (C=O) groups is 5. The molecule has 3 rings (SSSR count). The van der Waals surface area contributed by atoms with Crippen LogP contribution in [-0.4, -0.2) is 119 Å². The molecular weight excluding hydrogens is 773 g/mol. The van der Waals surface area contributed by atoms with E-state index in [1.54, 1.807) is 12.1 Å². The molecule has 0 saturated carbocycles. The van der Waals surface area contributed by atoms with E-state index in [-0.39, 0.29) is 75.4 Å². The van der Waals surface area contributed by atoms with Gasteiger partial charge in [-0.05, 0) is 74.1 Å². The van der Waals surface area contributed by atoms with E-state index in [0.29, 0.717) is 37.7 Å². The van der Waals surface area contributed by atoms with Crippen molar-refractivity contribution in [3.05, 3.63) is 65.7 Å². The number of aromatic hydroxyl groups is 1. The number of benzene rings is 2. The third-order valence-corrected chi connectivity index (χ3v) is 10.5. The van der Waals surface area contributed by atoms with Crippen LogP contribution < -0.4 is 49.9 Å². The number of likely N-dealkylation sites (tertiary alicyclic amines) is 1. The lowest BCUT2D eigenvalue weighted by atomic mass is 9.97. The van der Waals surface area contributed by atoms with Crippen LogP contribution in [0.25, 0.3) is 0 Å². The number of amides is 4. The maximum atomic E-state index is 14.2. The number of hydrogen-bond acceptors (Lipinski definition) is 10. The summed E-state index contributed by atoms with van der Waals surface area (Å²) in [7, 11) is 0. The van der Waals surface area contributed by atoms with Gasteiger partial charge in [-0.1, -0.05) is 62.7 Å². The molecule has 19 heteroatoms. The first-order chi connectivity index (χ1) is 28.6. The van der Waals surface area contributed by atoms with Gasteiger partial charge in [-0.25, -0.2) is 0 Å². The molecule has 0 aliphatic carbocycles. The van der Waals surface area contributed by atoms with Crippen LogP contribution in [0.4, 0.5) is 0 Å². The van der Waals surface area contributed by atoms with Crippen molar-refractivity contribution in [3.8, 4) is 5.75 Å². The van der Waals surface area contributed by atoms with Crippen molar-refractivity contribution < 1.29 is 34.2 Å². The molecule has 1 fully saturated rings. The molecule has 4 amide bonds. The quantitative estimate of drug-likeness (QED) is 0.0330. The Kier molecular flexibility index (Phi) is 20.1. The predicted octanol–water partition coefficient (Wildman–Crippen LogP) is -0.854. The van der Waals surface area contributed by atoms with Crippen LogP contribution in [0, 0.1) is 5.92 Å². The third kappa shape index (κ3) is 16.4. The highest BCUT2D eigenvalue weighted by molar-refractivity contribution is 5.95. The minimum absolute atomic E-state index is 0.0298. The number of aliphatic imine (C=N–C) groups is 2. The van der Waals surface area contributed by atoms with Crippen molar-refractivity contribution >= 4 is 41.5 Å². The Morgan fingerprint density at radius 2 is 1.40 bits per heavy atom. The number of phenols is 1. The Bertz CT molecular complexity index is 1750. The molecule has 1 heterocycles. The topological polar surface area (TPSA) is 332 Å². The molecule has 2 aromatic carbocycles. The lowest BCUT2D eigenvalue weighted by Gasteiger charge is -2.31. The molecule has 0 radical (unpaired) electrons. The van der Waals surface area contributed by atoms with Crippen LogP contribution in [0.1, 0.15) is 69.9 Å². The van der Waals surface area contributed by atoms with Gasteiger partial charge in [0.15, 0.2) is 11.9 Å². The fourth-order valence-electron chi connectivity index (χ4n) is 6.87. The van der Waals surface area contributed by atoms with Gasteiger partial charge >= 0.3 is 5.97 Å². The summed E-state index contributed by atoms with van der Waals surface area (Å²) in [4.78, 5) is 77.2. The summed E-state index contributed by atoms with van der Waals surface area (Å²) in [5, 5.41) is 31.7. The number of carboxylic acid groups (broad SMARTS) is 1. The molecule has 0 unspecified atom stereocenters. The molecule has 1 saturated heterocycles. The Labute approximate surface area is 351 Å². The van der Waals surface area contributed by atoms with E-state index in [9.17, 15) is 34.2 Å². The normalized spacial score (nSPS) is 16.6. The molecule has 19 nitrogen and oxygen atoms in total. The summed E-state index contributed by atoms with van der Waals surface area (Å²) in [6.07, 6.45) is 2.92.